The van der Waals surface area contributed by atoms with Crippen LogP contribution >= 0.6 is 23.5 Å². The summed E-state index contributed by atoms with van der Waals surface area (Å²) in [5.74, 6) is -3.40. The summed E-state index contributed by atoms with van der Waals surface area (Å²) in [4.78, 5) is 144. The van der Waals surface area contributed by atoms with Crippen molar-refractivity contribution in [2.75, 3.05) is 44.2 Å². The lowest BCUT2D eigenvalue weighted by atomic mass is 9.84. The number of aromatic nitrogens is 3. The van der Waals surface area contributed by atoms with E-state index in [1.54, 1.807) is 54.8 Å². The van der Waals surface area contributed by atoms with Gasteiger partial charge in [-0.05, 0) is 123 Å². The maximum absolute atomic E-state index is 15.4. The Bertz CT molecular complexity index is 3400. The van der Waals surface area contributed by atoms with Gasteiger partial charge in [-0.1, -0.05) is 68.5 Å². The first-order valence-electron chi connectivity index (χ1n) is 32.6. The van der Waals surface area contributed by atoms with Gasteiger partial charge >= 0.3 is 0 Å². The maximum Gasteiger partial charge on any atom is 0.246 e. The molecule has 0 radical (unpaired) electrons. The molecule has 0 spiro atoms. The van der Waals surface area contributed by atoms with Crippen molar-refractivity contribution in [1.29, 1.82) is 0 Å². The Hall–Kier alpha value is -7.97. The number of thioether (sulfide) groups is 2. The number of halogens is 1. The first-order valence-corrected chi connectivity index (χ1v) is 34.9. The van der Waals surface area contributed by atoms with Crippen LogP contribution in [-0.2, 0) is 73.9 Å². The molecule has 3 aliphatic heterocycles. The molecular formula is C67H88FN13O10S2. The van der Waals surface area contributed by atoms with Crippen molar-refractivity contribution >= 4 is 87.6 Å². The van der Waals surface area contributed by atoms with Gasteiger partial charge in [-0.2, -0.15) is 23.5 Å². The van der Waals surface area contributed by atoms with Gasteiger partial charge in [0, 0.05) is 97.3 Å². The van der Waals surface area contributed by atoms with Crippen LogP contribution < -0.4 is 43.0 Å². The van der Waals surface area contributed by atoms with Crippen LogP contribution in [-0.4, -0.2) is 169 Å². The number of nitrogens with one attached hydrogen (secondary N) is 9. The summed E-state index contributed by atoms with van der Waals surface area (Å²) < 4.78 is 14.9. The number of nitrogens with zero attached hydrogens (tertiary/aromatic N) is 3. The Balaban J connectivity index is 1.01. The zero-order chi connectivity index (χ0) is 65.9. The van der Waals surface area contributed by atoms with Crippen LogP contribution in [0.2, 0.25) is 0 Å². The van der Waals surface area contributed by atoms with Gasteiger partial charge in [0.15, 0.2) is 0 Å². The number of H-pyrrole nitrogens is 2. The Kier molecular flexibility index (Phi) is 25.2. The van der Waals surface area contributed by atoms with Crippen molar-refractivity contribution in [3.8, 4) is 5.75 Å². The summed E-state index contributed by atoms with van der Waals surface area (Å²) in [5.41, 5.74) is 8.78. The molecule has 1 aliphatic carbocycles. The van der Waals surface area contributed by atoms with Gasteiger partial charge in [-0.25, -0.2) is 9.37 Å². The van der Waals surface area contributed by atoms with E-state index in [9.17, 15) is 43.1 Å². The predicted octanol–water partition coefficient (Wildman–Crippen LogP) is 4.46. The molecule has 2 bridgehead atoms. The summed E-state index contributed by atoms with van der Waals surface area (Å²) >= 11 is 3.21. The third-order valence-electron chi connectivity index (χ3n) is 18.1. The first-order chi connectivity index (χ1) is 44.9. The highest BCUT2D eigenvalue weighted by molar-refractivity contribution is 7.98. The average molecular weight is 1320 g/mol. The number of benzene rings is 3. The van der Waals surface area contributed by atoms with Crippen molar-refractivity contribution in [3.63, 3.8) is 0 Å². The Morgan fingerprint density at radius 2 is 1.40 bits per heavy atom. The first kappa shape index (κ1) is 69.4. The molecule has 93 heavy (non-hydrogen) atoms. The van der Waals surface area contributed by atoms with Crippen molar-refractivity contribution in [2.24, 2.45) is 11.7 Å². The van der Waals surface area contributed by atoms with Gasteiger partial charge in [-0.3, -0.25) is 43.2 Å². The third kappa shape index (κ3) is 19.3. The lowest BCUT2D eigenvalue weighted by Gasteiger charge is -2.36. The van der Waals surface area contributed by atoms with E-state index in [0.29, 0.717) is 95.9 Å². The number of aromatic amines is 2. The number of imidazole rings is 1. The van der Waals surface area contributed by atoms with E-state index in [-0.39, 0.29) is 81.5 Å². The highest BCUT2D eigenvalue weighted by Gasteiger charge is 2.48. The fraction of sp³-hybridized carbons (Fsp3) is 0.522. The molecule has 500 valence electrons. The molecular weight excluding hydrogens is 1230 g/mol. The van der Waals surface area contributed by atoms with E-state index in [4.69, 9.17) is 5.73 Å². The zero-order valence-corrected chi connectivity index (χ0v) is 54.4. The van der Waals surface area contributed by atoms with Crippen LogP contribution in [0.15, 0.2) is 85.5 Å². The number of phenols is 1. The number of unbranched alkanes of at least 4 members (excludes halogenated alkanes) is 1. The van der Waals surface area contributed by atoms with Gasteiger partial charge in [0.2, 0.25) is 53.2 Å². The van der Waals surface area contributed by atoms with Gasteiger partial charge in [0.25, 0.3) is 0 Å². The van der Waals surface area contributed by atoms with Crippen molar-refractivity contribution in [3.05, 3.63) is 119 Å². The third-order valence-corrected chi connectivity index (χ3v) is 20.2. The van der Waals surface area contributed by atoms with E-state index < -0.39 is 95.5 Å². The Morgan fingerprint density at radius 1 is 0.677 bits per heavy atom. The number of nitrogens with two attached hydrogens (primary N) is 1. The second kappa shape index (κ2) is 33.7. The lowest BCUT2D eigenvalue weighted by Crippen LogP contribution is -2.62. The number of fused-ring (bicyclic) bond motifs is 5. The molecule has 26 heteroatoms. The normalized spacial score (nSPS) is 24.8. The minimum absolute atomic E-state index is 0.00698. The quantitative estimate of drug-likeness (QED) is 0.0769. The SMILES string of the molecule is C[C@@]12CCCN1C(=O)[C@H](Cc1ccc(O)cc1)NC(=O)[C@H](Cc1cnc[nH]1)NC(=O)[C@@H]1CCCN1C(=O)[C@H](Cc1c[nH]c3ccc(F)cc13)NC(=O)[C@H](CC1CCCCC1)NC(=O)CNC(=O)[C@H](CCCCN)NC(=O)CCSCc1cccc(c1)CSCCNC2=O. The van der Waals surface area contributed by atoms with Gasteiger partial charge in [0.05, 0.1) is 12.9 Å². The average Bonchev–Trinajstić information content (AvgIpc) is 1.71. The Morgan fingerprint density at radius 3 is 2.14 bits per heavy atom. The molecule has 3 fully saturated rings. The molecule has 5 heterocycles. The molecule has 0 unspecified atom stereocenters. The van der Waals surface area contributed by atoms with Crippen LogP contribution in [0, 0.1) is 11.7 Å². The van der Waals surface area contributed by atoms with Gasteiger partial charge in [0.1, 0.15) is 53.4 Å². The van der Waals surface area contributed by atoms with Crippen molar-refractivity contribution in [2.45, 2.75) is 169 Å². The lowest BCUT2D eigenvalue weighted by molar-refractivity contribution is -0.146. The molecule has 9 amide bonds. The molecule has 4 aliphatic rings. The summed E-state index contributed by atoms with van der Waals surface area (Å²) in [5, 5.41) is 30.9. The molecule has 23 nitrogen and oxygen atoms in total. The number of hydrogen-bond donors (Lipinski definition) is 11. The summed E-state index contributed by atoms with van der Waals surface area (Å²) in [6.07, 6.45) is 11.8. The van der Waals surface area contributed by atoms with Crippen LogP contribution in [0.4, 0.5) is 4.39 Å². The summed E-state index contributed by atoms with van der Waals surface area (Å²) in [6, 6.07) is 11.2. The van der Waals surface area contributed by atoms with Gasteiger partial charge in [-0.15, -0.1) is 0 Å². The van der Waals surface area contributed by atoms with E-state index in [1.165, 1.54) is 46.6 Å². The van der Waals surface area contributed by atoms with Crippen LogP contribution in [0.5, 0.6) is 5.75 Å². The number of carbonyl (C=O) groups excluding carboxylic acids is 9. The van der Waals surface area contributed by atoms with E-state index >= 15 is 9.59 Å². The maximum atomic E-state index is 15.4. The molecule has 5 aromatic rings. The Labute approximate surface area is 549 Å². The summed E-state index contributed by atoms with van der Waals surface area (Å²) in [7, 11) is 0. The van der Waals surface area contributed by atoms with Crippen LogP contribution in [0.25, 0.3) is 10.9 Å². The largest absolute Gasteiger partial charge is 0.508 e. The topological polar surface area (TPSA) is 335 Å². The number of aromatic hydroxyl groups is 1. The fourth-order valence-electron chi connectivity index (χ4n) is 13.0. The number of rotatable bonds is 12. The minimum atomic E-state index is -1.38. The molecule has 2 aromatic heterocycles. The van der Waals surface area contributed by atoms with Crippen molar-refractivity contribution in [1.82, 2.24) is 62.0 Å². The monoisotopic (exact) mass is 1320 g/mol. The van der Waals surface area contributed by atoms with Crippen LogP contribution in [0.1, 0.15) is 125 Å². The fourth-order valence-corrected chi connectivity index (χ4v) is 14.7. The number of amides is 9. The predicted molar refractivity (Wildman–Crippen MR) is 353 cm³/mol. The van der Waals surface area contributed by atoms with E-state index in [0.717, 1.165) is 43.2 Å². The van der Waals surface area contributed by atoms with E-state index in [1.807, 2.05) is 18.2 Å². The highest BCUT2D eigenvalue weighted by atomic mass is 32.2. The standard InChI is InChI=1S/C67H88FN13O10S2/c1-67-23-9-27-81(67)65(90)55(32-43-16-19-49(82)20-17-43)78-62(87)54(35-48-37-70-41-74-48)77-63(88)57-15-8-26-80(57)64(89)56(33-46-36-72-51-21-18-47(68)34-50(46)51)79-61(86)53(31-42-10-3-2-4-11-42)76-59(84)38-73-60(85)52(14-5-6-24-69)75-58(83)22-28-92-39-44-12-7-13-45(30-44)40-93-29-25-71-66(67)91/h7,12-13,16-21,30,34,36-37,41-42,52-57,72,82H,2-6,8-11,14-15,22-29,31-33,35,38-40,69H2,1H3,(H,70,74)(H,71,91)(H,73,85)(H,75,83)(H,76,84)(H,77,88)(H,78,87)(H,79,86)/t52-,53-,54-,55-,56-,57-,67-/m0/s1. The second-order valence-electron chi connectivity index (χ2n) is 25.0. The molecule has 2 saturated heterocycles. The summed E-state index contributed by atoms with van der Waals surface area (Å²) in [6.45, 7) is 2.19. The number of phenolic OH excluding ortho intramolecular Hbond substituents is 1. The second-order valence-corrected chi connectivity index (χ2v) is 27.2. The molecule has 9 rings (SSSR count). The number of hydrogen-bond acceptors (Lipinski definition) is 14. The highest BCUT2D eigenvalue weighted by Crippen LogP contribution is 2.32. The molecule has 3 aromatic carbocycles. The van der Waals surface area contributed by atoms with Gasteiger partial charge < -0.3 is 67.8 Å². The zero-order valence-electron chi connectivity index (χ0n) is 52.7. The minimum Gasteiger partial charge on any atom is -0.508 e. The molecule has 12 N–H and O–H groups in total. The molecule has 7 atom stereocenters. The van der Waals surface area contributed by atoms with Crippen LogP contribution in [0.3, 0.4) is 0 Å². The smallest absolute Gasteiger partial charge is 0.246 e. The van der Waals surface area contributed by atoms with Crippen molar-refractivity contribution < 1.29 is 52.6 Å². The van der Waals surface area contributed by atoms with E-state index in [2.05, 4.69) is 58.2 Å². The molecule has 1 saturated carbocycles. The number of carbonyl (C=O) groups is 9.